The third-order valence-corrected chi connectivity index (χ3v) is 5.97. The Hall–Kier alpha value is -0.460. The van der Waals surface area contributed by atoms with E-state index < -0.39 is 31.0 Å². The predicted octanol–water partition coefficient (Wildman–Crippen LogP) is 4.91. The van der Waals surface area contributed by atoms with Gasteiger partial charge in [0.05, 0.1) is 13.2 Å². The van der Waals surface area contributed by atoms with Crippen LogP contribution >= 0.6 is 0 Å². The lowest BCUT2D eigenvalue weighted by molar-refractivity contribution is -0.0730. The Morgan fingerprint density at radius 2 is 1.40 bits per heavy atom. The van der Waals surface area contributed by atoms with Gasteiger partial charge < -0.3 is 24.8 Å². The van der Waals surface area contributed by atoms with Crippen LogP contribution in [0.15, 0.2) is 12.2 Å². The van der Waals surface area contributed by atoms with Crippen LogP contribution < -0.4 is 0 Å². The van der Waals surface area contributed by atoms with Gasteiger partial charge in [0.2, 0.25) is 0 Å². The number of hydrogen-bond donors (Lipinski definition) is 3. The fourth-order valence-electron chi connectivity index (χ4n) is 3.97. The van der Waals surface area contributed by atoms with E-state index in [-0.39, 0.29) is 6.61 Å². The molecular formula is C25H48O5. The number of ether oxygens (including phenoxy) is 2. The fraction of sp³-hybridized carbons (Fsp3) is 0.920. The van der Waals surface area contributed by atoms with Crippen LogP contribution in [0.2, 0.25) is 0 Å². The summed E-state index contributed by atoms with van der Waals surface area (Å²) in [6.07, 6.45) is 21.0. The molecule has 4 atom stereocenters. The number of allylic oxidation sites excluding steroid dienone is 2. The average molecular weight is 429 g/mol. The standard InChI is InChI=1S/C25H48O5/c1-2-3-4-5-6-7-8-9-10-11-12-13-14-15-16-17-18-19-29-23-21-30-25(24(23)28)22(27)20-26/h10-11,22-28H,2-9,12-21H2,1H3/b11-10+/t22-,23+,24-,25-/m1/s1. The van der Waals surface area contributed by atoms with Crippen molar-refractivity contribution in [2.75, 3.05) is 19.8 Å². The third kappa shape index (κ3) is 13.1. The van der Waals surface area contributed by atoms with Gasteiger partial charge in [-0.15, -0.1) is 0 Å². The van der Waals surface area contributed by atoms with Crippen LogP contribution in [0, 0.1) is 0 Å². The topological polar surface area (TPSA) is 79.2 Å². The van der Waals surface area contributed by atoms with Crippen molar-refractivity contribution >= 4 is 0 Å². The van der Waals surface area contributed by atoms with E-state index in [4.69, 9.17) is 14.6 Å². The molecule has 0 bridgehead atoms. The lowest BCUT2D eigenvalue weighted by Crippen LogP contribution is -2.41. The maximum atomic E-state index is 10.1. The summed E-state index contributed by atoms with van der Waals surface area (Å²) in [6, 6.07) is 0. The van der Waals surface area contributed by atoms with E-state index in [0.29, 0.717) is 6.61 Å². The van der Waals surface area contributed by atoms with Crippen LogP contribution in [-0.4, -0.2) is 59.6 Å². The number of aliphatic hydroxyl groups excluding tert-OH is 3. The molecule has 1 heterocycles. The van der Waals surface area contributed by atoms with Gasteiger partial charge in [0.1, 0.15) is 24.4 Å². The summed E-state index contributed by atoms with van der Waals surface area (Å²) in [4.78, 5) is 0. The van der Waals surface area contributed by atoms with Gasteiger partial charge in [-0.1, -0.05) is 83.3 Å². The molecular weight excluding hydrogens is 380 g/mol. The van der Waals surface area contributed by atoms with Crippen LogP contribution in [0.1, 0.15) is 103 Å². The number of aliphatic hydroxyl groups is 3. The Balaban J connectivity index is 1.82. The van der Waals surface area contributed by atoms with Gasteiger partial charge in [-0.3, -0.25) is 0 Å². The van der Waals surface area contributed by atoms with E-state index >= 15 is 0 Å². The van der Waals surface area contributed by atoms with Gasteiger partial charge in [0.15, 0.2) is 0 Å². The van der Waals surface area contributed by atoms with Gasteiger partial charge in [0.25, 0.3) is 0 Å². The van der Waals surface area contributed by atoms with E-state index in [2.05, 4.69) is 19.1 Å². The van der Waals surface area contributed by atoms with Crippen molar-refractivity contribution in [3.8, 4) is 0 Å². The van der Waals surface area contributed by atoms with Gasteiger partial charge in [0, 0.05) is 6.61 Å². The van der Waals surface area contributed by atoms with Crippen LogP contribution in [0.25, 0.3) is 0 Å². The molecule has 0 aliphatic carbocycles. The van der Waals surface area contributed by atoms with Crippen molar-refractivity contribution in [3.05, 3.63) is 12.2 Å². The third-order valence-electron chi connectivity index (χ3n) is 5.97. The highest BCUT2D eigenvalue weighted by Crippen LogP contribution is 2.20. The Morgan fingerprint density at radius 1 is 0.867 bits per heavy atom. The van der Waals surface area contributed by atoms with Crippen molar-refractivity contribution in [1.29, 1.82) is 0 Å². The van der Waals surface area contributed by atoms with E-state index in [9.17, 15) is 10.2 Å². The van der Waals surface area contributed by atoms with Gasteiger partial charge in [-0.25, -0.2) is 0 Å². The monoisotopic (exact) mass is 428 g/mol. The van der Waals surface area contributed by atoms with E-state index in [1.807, 2.05) is 0 Å². The molecule has 0 saturated carbocycles. The zero-order chi connectivity index (χ0) is 21.9. The van der Waals surface area contributed by atoms with E-state index in [0.717, 1.165) is 12.8 Å². The molecule has 0 amide bonds. The SMILES string of the molecule is CCCCCCCCC/C=C/CCCCCCCCO[C@H]1CO[C@H]([C@H](O)CO)[C@@H]1O. The first kappa shape index (κ1) is 27.6. The second kappa shape index (κ2) is 19.2. The summed E-state index contributed by atoms with van der Waals surface area (Å²) in [5, 5.41) is 28.6. The molecule has 1 fully saturated rings. The molecule has 1 aliphatic heterocycles. The quantitative estimate of drug-likeness (QED) is 0.190. The maximum Gasteiger partial charge on any atom is 0.114 e. The average Bonchev–Trinajstić information content (AvgIpc) is 3.12. The first-order valence-corrected chi connectivity index (χ1v) is 12.6. The highest BCUT2D eigenvalue weighted by Gasteiger charge is 2.40. The molecule has 178 valence electrons. The fourth-order valence-corrected chi connectivity index (χ4v) is 3.97. The summed E-state index contributed by atoms with van der Waals surface area (Å²) in [6.45, 7) is 2.73. The molecule has 1 rings (SSSR count). The zero-order valence-corrected chi connectivity index (χ0v) is 19.4. The summed E-state index contributed by atoms with van der Waals surface area (Å²) in [5.74, 6) is 0. The minimum absolute atomic E-state index is 0.273. The maximum absolute atomic E-state index is 10.1. The van der Waals surface area contributed by atoms with Crippen LogP contribution in [0.3, 0.4) is 0 Å². The molecule has 0 aromatic rings. The molecule has 0 aromatic carbocycles. The first-order valence-electron chi connectivity index (χ1n) is 12.6. The predicted molar refractivity (Wildman–Crippen MR) is 123 cm³/mol. The minimum Gasteiger partial charge on any atom is -0.394 e. The summed E-state index contributed by atoms with van der Waals surface area (Å²) in [7, 11) is 0. The molecule has 0 spiro atoms. The molecule has 3 N–H and O–H groups in total. The Labute approximate surface area is 184 Å². The largest absolute Gasteiger partial charge is 0.394 e. The van der Waals surface area contributed by atoms with E-state index in [1.54, 1.807) is 0 Å². The van der Waals surface area contributed by atoms with Crippen LogP contribution in [0.4, 0.5) is 0 Å². The van der Waals surface area contributed by atoms with Gasteiger partial charge >= 0.3 is 0 Å². The molecule has 5 heteroatoms. The summed E-state index contributed by atoms with van der Waals surface area (Å²) in [5.41, 5.74) is 0. The van der Waals surface area contributed by atoms with Crippen molar-refractivity contribution in [3.63, 3.8) is 0 Å². The highest BCUT2D eigenvalue weighted by atomic mass is 16.6. The van der Waals surface area contributed by atoms with E-state index in [1.165, 1.54) is 83.5 Å². The van der Waals surface area contributed by atoms with Crippen molar-refractivity contribution in [1.82, 2.24) is 0 Å². The Morgan fingerprint density at radius 3 is 1.97 bits per heavy atom. The smallest absolute Gasteiger partial charge is 0.114 e. The molecule has 0 aromatic heterocycles. The highest BCUT2D eigenvalue weighted by molar-refractivity contribution is 4.88. The molecule has 30 heavy (non-hydrogen) atoms. The summed E-state index contributed by atoms with van der Waals surface area (Å²) >= 11 is 0. The lowest BCUT2D eigenvalue weighted by atomic mass is 10.1. The van der Waals surface area contributed by atoms with Gasteiger partial charge in [-0.2, -0.15) is 0 Å². The van der Waals surface area contributed by atoms with Crippen molar-refractivity contribution in [2.45, 2.75) is 128 Å². The molecule has 5 nitrogen and oxygen atoms in total. The second-order valence-electron chi connectivity index (χ2n) is 8.74. The number of unbranched alkanes of at least 4 members (excludes halogenated alkanes) is 13. The Bertz CT molecular complexity index is 401. The van der Waals surface area contributed by atoms with Crippen LogP contribution in [0.5, 0.6) is 0 Å². The number of rotatable bonds is 20. The first-order chi connectivity index (χ1) is 14.7. The van der Waals surface area contributed by atoms with Crippen LogP contribution in [-0.2, 0) is 9.47 Å². The molecule has 1 aliphatic rings. The number of hydrogen-bond acceptors (Lipinski definition) is 5. The normalized spacial score (nSPS) is 22.9. The van der Waals surface area contributed by atoms with Crippen molar-refractivity contribution < 1.29 is 24.8 Å². The summed E-state index contributed by atoms with van der Waals surface area (Å²) < 4.78 is 11.0. The molecule has 0 unspecified atom stereocenters. The Kier molecular flexibility index (Phi) is 17.7. The second-order valence-corrected chi connectivity index (χ2v) is 8.74. The van der Waals surface area contributed by atoms with Crippen molar-refractivity contribution in [2.24, 2.45) is 0 Å². The lowest BCUT2D eigenvalue weighted by Gasteiger charge is -2.20. The van der Waals surface area contributed by atoms with Gasteiger partial charge in [-0.05, 0) is 32.1 Å². The molecule has 0 radical (unpaired) electrons. The molecule has 1 saturated heterocycles. The zero-order valence-electron chi connectivity index (χ0n) is 19.4. The minimum atomic E-state index is -1.05.